The summed E-state index contributed by atoms with van der Waals surface area (Å²) in [5, 5.41) is 0. The summed E-state index contributed by atoms with van der Waals surface area (Å²) in [7, 11) is 1.58. The smallest absolute Gasteiger partial charge is 0.215 e. The number of rotatable bonds is 6. The summed E-state index contributed by atoms with van der Waals surface area (Å²) in [4.78, 5) is 6.28. The molecule has 0 atom stereocenters. The van der Waals surface area contributed by atoms with E-state index < -0.39 is 0 Å². The largest absolute Gasteiger partial charge is 0.481 e. The number of pyridine rings is 1. The molecule has 0 fully saturated rings. The molecule has 1 aromatic heterocycles. The first-order valence-corrected chi connectivity index (χ1v) is 5.00. The monoisotopic (exact) mass is 219 g/mol. The van der Waals surface area contributed by atoms with Gasteiger partial charge in [-0.05, 0) is 6.07 Å². The fourth-order valence-electron chi connectivity index (χ4n) is 1.37. The van der Waals surface area contributed by atoms with Gasteiger partial charge in [0.05, 0.1) is 12.8 Å². The van der Waals surface area contributed by atoms with E-state index in [0.717, 1.165) is 0 Å². The predicted molar refractivity (Wildman–Crippen MR) is 67.8 cm³/mol. The van der Waals surface area contributed by atoms with Gasteiger partial charge in [-0.25, -0.2) is 0 Å². The van der Waals surface area contributed by atoms with E-state index in [2.05, 4.69) is 18.1 Å². The van der Waals surface area contributed by atoms with E-state index in [0.29, 0.717) is 30.5 Å². The van der Waals surface area contributed by atoms with Crippen molar-refractivity contribution in [3.8, 4) is 5.88 Å². The first-order chi connectivity index (χ1) is 7.72. The third-order valence-corrected chi connectivity index (χ3v) is 2.09. The van der Waals surface area contributed by atoms with E-state index in [9.17, 15) is 0 Å². The Bertz CT molecular complexity index is 367. The Morgan fingerprint density at radius 2 is 2.00 bits per heavy atom. The predicted octanol–water partition coefficient (Wildman–Crippen LogP) is 1.85. The number of hydrogen-bond donors (Lipinski definition) is 1. The highest BCUT2D eigenvalue weighted by Crippen LogP contribution is 2.23. The Morgan fingerprint density at radius 3 is 2.50 bits per heavy atom. The molecule has 1 heterocycles. The van der Waals surface area contributed by atoms with Crippen molar-refractivity contribution in [2.45, 2.75) is 0 Å². The van der Waals surface area contributed by atoms with E-state index in [1.165, 1.54) is 0 Å². The molecule has 4 heteroatoms. The fraction of sp³-hybridized carbons (Fsp3) is 0.250. The molecule has 0 aliphatic heterocycles. The molecule has 0 aliphatic rings. The lowest BCUT2D eigenvalue weighted by atomic mass is 10.3. The Morgan fingerprint density at radius 1 is 1.38 bits per heavy atom. The van der Waals surface area contributed by atoms with Crippen LogP contribution in [0.25, 0.3) is 0 Å². The number of nitrogens with zero attached hydrogens (tertiary/aromatic N) is 2. The number of ether oxygens (including phenoxy) is 1. The molecule has 1 aromatic rings. The minimum absolute atomic E-state index is 0.544. The van der Waals surface area contributed by atoms with Crippen molar-refractivity contribution in [1.29, 1.82) is 0 Å². The van der Waals surface area contributed by atoms with Crippen molar-refractivity contribution in [3.63, 3.8) is 0 Å². The average molecular weight is 219 g/mol. The first-order valence-electron chi connectivity index (χ1n) is 5.00. The van der Waals surface area contributed by atoms with Crippen LogP contribution in [0.5, 0.6) is 5.88 Å². The molecular weight excluding hydrogens is 202 g/mol. The van der Waals surface area contributed by atoms with Gasteiger partial charge in [-0.2, -0.15) is 4.98 Å². The average Bonchev–Trinajstić information content (AvgIpc) is 2.29. The molecule has 0 aromatic carbocycles. The molecular formula is C12H17N3O. The summed E-state index contributed by atoms with van der Waals surface area (Å²) in [5.74, 6) is 1.24. The maximum Gasteiger partial charge on any atom is 0.215 e. The molecule has 1 rings (SSSR count). The zero-order chi connectivity index (χ0) is 12.0. The third kappa shape index (κ3) is 2.76. The van der Waals surface area contributed by atoms with Crippen LogP contribution < -0.4 is 15.4 Å². The maximum atomic E-state index is 5.88. The van der Waals surface area contributed by atoms with Gasteiger partial charge >= 0.3 is 0 Å². The van der Waals surface area contributed by atoms with Gasteiger partial charge < -0.3 is 15.4 Å². The van der Waals surface area contributed by atoms with Crippen molar-refractivity contribution < 1.29 is 4.74 Å². The second-order valence-electron chi connectivity index (χ2n) is 3.25. The van der Waals surface area contributed by atoms with Crippen LogP contribution in [0.3, 0.4) is 0 Å². The van der Waals surface area contributed by atoms with Crippen LogP contribution in [-0.2, 0) is 0 Å². The van der Waals surface area contributed by atoms with E-state index in [-0.39, 0.29) is 0 Å². The second-order valence-corrected chi connectivity index (χ2v) is 3.25. The van der Waals surface area contributed by atoms with Gasteiger partial charge in [0.25, 0.3) is 0 Å². The number of methoxy groups -OCH3 is 1. The standard InChI is InChI=1S/C12H17N3O/c1-4-8-15(9-5-2)12-10(13)6-7-11(14-12)16-3/h4-7H,1-2,8-9,13H2,3H3. The quantitative estimate of drug-likeness (QED) is 0.742. The van der Waals surface area contributed by atoms with Gasteiger partial charge in [-0.1, -0.05) is 12.2 Å². The number of anilines is 2. The molecule has 0 aliphatic carbocycles. The molecule has 2 N–H and O–H groups in total. The van der Waals surface area contributed by atoms with Crippen molar-refractivity contribution in [3.05, 3.63) is 37.4 Å². The molecule has 16 heavy (non-hydrogen) atoms. The van der Waals surface area contributed by atoms with Gasteiger partial charge in [0.15, 0.2) is 5.82 Å². The molecule has 0 bridgehead atoms. The van der Waals surface area contributed by atoms with Gasteiger partial charge in [0.2, 0.25) is 5.88 Å². The van der Waals surface area contributed by atoms with Gasteiger partial charge in [0, 0.05) is 19.2 Å². The number of aromatic nitrogens is 1. The van der Waals surface area contributed by atoms with Gasteiger partial charge in [0.1, 0.15) is 0 Å². The third-order valence-electron chi connectivity index (χ3n) is 2.09. The molecule has 0 amide bonds. The van der Waals surface area contributed by atoms with Crippen molar-refractivity contribution in [1.82, 2.24) is 4.98 Å². The zero-order valence-corrected chi connectivity index (χ0v) is 9.52. The van der Waals surface area contributed by atoms with Crippen molar-refractivity contribution >= 4 is 11.5 Å². The second kappa shape index (κ2) is 5.80. The van der Waals surface area contributed by atoms with E-state index in [4.69, 9.17) is 10.5 Å². The number of nitrogen functional groups attached to an aromatic ring is 1. The lowest BCUT2D eigenvalue weighted by Crippen LogP contribution is -2.25. The number of nitrogens with two attached hydrogens (primary N) is 1. The molecule has 0 saturated carbocycles. The molecule has 0 unspecified atom stereocenters. The topological polar surface area (TPSA) is 51.4 Å². The highest BCUT2D eigenvalue weighted by Gasteiger charge is 2.10. The minimum Gasteiger partial charge on any atom is -0.481 e. The summed E-state index contributed by atoms with van der Waals surface area (Å²) in [5.41, 5.74) is 6.49. The Kier molecular flexibility index (Phi) is 4.39. The molecule has 0 radical (unpaired) electrons. The molecule has 86 valence electrons. The summed E-state index contributed by atoms with van der Waals surface area (Å²) in [6.45, 7) is 8.74. The Balaban J connectivity index is 3.05. The zero-order valence-electron chi connectivity index (χ0n) is 9.52. The highest BCUT2D eigenvalue weighted by atomic mass is 16.5. The summed E-state index contributed by atoms with van der Waals surface area (Å²) in [6, 6.07) is 3.51. The first kappa shape index (κ1) is 12.1. The Labute approximate surface area is 96.0 Å². The van der Waals surface area contributed by atoms with E-state index in [1.807, 2.05) is 4.90 Å². The van der Waals surface area contributed by atoms with Crippen LogP contribution in [0.1, 0.15) is 0 Å². The summed E-state index contributed by atoms with van der Waals surface area (Å²) in [6.07, 6.45) is 3.59. The summed E-state index contributed by atoms with van der Waals surface area (Å²) >= 11 is 0. The fourth-order valence-corrected chi connectivity index (χ4v) is 1.37. The molecule has 0 spiro atoms. The van der Waals surface area contributed by atoms with Crippen molar-refractivity contribution in [2.24, 2.45) is 0 Å². The minimum atomic E-state index is 0.544. The van der Waals surface area contributed by atoms with Crippen LogP contribution in [0.15, 0.2) is 37.4 Å². The number of hydrogen-bond acceptors (Lipinski definition) is 4. The van der Waals surface area contributed by atoms with E-state index >= 15 is 0 Å². The van der Waals surface area contributed by atoms with Crippen LogP contribution in [0.2, 0.25) is 0 Å². The SMILES string of the molecule is C=CCN(CC=C)c1nc(OC)ccc1N. The normalized spacial score (nSPS) is 9.56. The lowest BCUT2D eigenvalue weighted by Gasteiger charge is -2.22. The van der Waals surface area contributed by atoms with Gasteiger partial charge in [-0.15, -0.1) is 13.2 Å². The maximum absolute atomic E-state index is 5.88. The van der Waals surface area contributed by atoms with Gasteiger partial charge in [-0.3, -0.25) is 0 Å². The molecule has 4 nitrogen and oxygen atoms in total. The Hall–Kier alpha value is -1.97. The lowest BCUT2D eigenvalue weighted by molar-refractivity contribution is 0.398. The van der Waals surface area contributed by atoms with E-state index in [1.54, 1.807) is 31.4 Å². The van der Waals surface area contributed by atoms with Crippen LogP contribution in [0.4, 0.5) is 11.5 Å². The summed E-state index contributed by atoms with van der Waals surface area (Å²) < 4.78 is 5.07. The highest BCUT2D eigenvalue weighted by molar-refractivity contribution is 5.64. The van der Waals surface area contributed by atoms with Crippen LogP contribution in [0, 0.1) is 0 Å². The van der Waals surface area contributed by atoms with Crippen LogP contribution >= 0.6 is 0 Å². The molecule has 0 saturated heterocycles. The van der Waals surface area contributed by atoms with Crippen molar-refractivity contribution in [2.75, 3.05) is 30.8 Å². The van der Waals surface area contributed by atoms with Crippen LogP contribution in [-0.4, -0.2) is 25.2 Å².